The number of carbonyl (C=O) groups excluding carboxylic acids is 3. The van der Waals surface area contributed by atoms with Gasteiger partial charge < -0.3 is 21.4 Å². The van der Waals surface area contributed by atoms with Gasteiger partial charge in [0, 0.05) is 36.0 Å². The Bertz CT molecular complexity index is 793. The second-order valence-electron chi connectivity index (χ2n) is 5.92. The van der Waals surface area contributed by atoms with Gasteiger partial charge in [-0.1, -0.05) is 0 Å². The lowest BCUT2D eigenvalue weighted by atomic mass is 10.2. The lowest BCUT2D eigenvalue weighted by molar-refractivity contribution is -0.122. The van der Waals surface area contributed by atoms with E-state index in [1.54, 1.807) is 17.6 Å². The molecule has 0 atom stereocenters. The molecule has 0 radical (unpaired) electrons. The number of carbonyl (C=O) groups is 3. The Balaban J connectivity index is 1.44. The second kappa shape index (κ2) is 7.47. The molecular formula is C16H19N5O3S. The van der Waals surface area contributed by atoms with Crippen molar-refractivity contribution in [1.29, 1.82) is 0 Å². The van der Waals surface area contributed by atoms with Crippen molar-refractivity contribution in [2.45, 2.75) is 25.7 Å². The van der Waals surface area contributed by atoms with E-state index < -0.39 is 5.91 Å². The predicted molar refractivity (Wildman–Crippen MR) is 94.0 cm³/mol. The van der Waals surface area contributed by atoms with E-state index in [0.29, 0.717) is 35.9 Å². The molecule has 1 fully saturated rings. The molecule has 8 nitrogen and oxygen atoms in total. The first-order chi connectivity index (χ1) is 12.0. The molecule has 0 spiro atoms. The quantitative estimate of drug-likeness (QED) is 0.531. The fraction of sp³-hybridized carbons (Fsp3) is 0.375. The molecule has 0 aromatic carbocycles. The Morgan fingerprint density at radius 1 is 1.36 bits per heavy atom. The molecule has 1 saturated carbocycles. The minimum absolute atomic E-state index is 0.0896. The van der Waals surface area contributed by atoms with Gasteiger partial charge in [0.15, 0.2) is 5.13 Å². The van der Waals surface area contributed by atoms with Crippen molar-refractivity contribution in [2.75, 3.05) is 11.9 Å². The fourth-order valence-electron chi connectivity index (χ4n) is 2.28. The van der Waals surface area contributed by atoms with E-state index in [-0.39, 0.29) is 17.7 Å². The third-order valence-electron chi connectivity index (χ3n) is 3.82. The Hall–Kier alpha value is -2.68. The van der Waals surface area contributed by atoms with Gasteiger partial charge in [0.25, 0.3) is 5.91 Å². The predicted octanol–water partition coefficient (Wildman–Crippen LogP) is 1.48. The number of anilines is 1. The summed E-state index contributed by atoms with van der Waals surface area (Å²) in [5, 5.41) is 7.85. The second-order valence-corrected chi connectivity index (χ2v) is 6.78. The largest absolute Gasteiger partial charge is 0.364 e. The summed E-state index contributed by atoms with van der Waals surface area (Å²) < 4.78 is 0. The highest BCUT2D eigenvalue weighted by atomic mass is 32.1. The molecule has 132 valence electrons. The summed E-state index contributed by atoms with van der Waals surface area (Å²) in [4.78, 5) is 41.6. The normalized spacial score (nSPS) is 13.4. The van der Waals surface area contributed by atoms with Crippen LogP contribution in [0.15, 0.2) is 17.6 Å². The first-order valence-electron chi connectivity index (χ1n) is 8.04. The van der Waals surface area contributed by atoms with Gasteiger partial charge in [-0.05, 0) is 25.3 Å². The molecule has 0 aliphatic heterocycles. The number of thiazole rings is 1. The third kappa shape index (κ3) is 4.66. The summed E-state index contributed by atoms with van der Waals surface area (Å²) in [6.45, 7) is 0.505. The molecule has 5 N–H and O–H groups in total. The van der Waals surface area contributed by atoms with Crippen LogP contribution in [0.3, 0.4) is 0 Å². The van der Waals surface area contributed by atoms with Gasteiger partial charge in [-0.2, -0.15) is 0 Å². The number of aromatic amines is 1. The zero-order chi connectivity index (χ0) is 17.8. The number of primary amides is 1. The summed E-state index contributed by atoms with van der Waals surface area (Å²) in [7, 11) is 0. The molecular weight excluding hydrogens is 342 g/mol. The maximum atomic E-state index is 11.9. The first kappa shape index (κ1) is 17.2. The summed E-state index contributed by atoms with van der Waals surface area (Å²) in [5.74, 6) is -0.407. The lowest BCUT2D eigenvalue weighted by Crippen LogP contribution is -2.26. The molecule has 2 aromatic heterocycles. The first-order valence-corrected chi connectivity index (χ1v) is 8.92. The van der Waals surface area contributed by atoms with Crippen LogP contribution in [-0.2, 0) is 9.59 Å². The molecule has 3 amide bonds. The molecule has 25 heavy (non-hydrogen) atoms. The van der Waals surface area contributed by atoms with E-state index >= 15 is 0 Å². The number of nitrogens with zero attached hydrogens (tertiary/aromatic N) is 1. The van der Waals surface area contributed by atoms with Crippen LogP contribution in [0.4, 0.5) is 5.13 Å². The van der Waals surface area contributed by atoms with E-state index in [0.717, 1.165) is 18.4 Å². The molecule has 0 saturated heterocycles. The van der Waals surface area contributed by atoms with Gasteiger partial charge in [0.05, 0.1) is 5.69 Å². The number of H-pyrrole nitrogens is 1. The summed E-state index contributed by atoms with van der Waals surface area (Å²) in [6, 6.07) is 1.62. The number of aromatic nitrogens is 2. The molecule has 9 heteroatoms. The molecule has 3 rings (SSSR count). The fourth-order valence-corrected chi connectivity index (χ4v) is 3.02. The summed E-state index contributed by atoms with van der Waals surface area (Å²) >= 11 is 1.30. The van der Waals surface area contributed by atoms with Crippen molar-refractivity contribution in [2.24, 2.45) is 11.7 Å². The van der Waals surface area contributed by atoms with E-state index in [2.05, 4.69) is 20.6 Å². The van der Waals surface area contributed by atoms with Gasteiger partial charge in [-0.15, -0.1) is 11.3 Å². The molecule has 0 bridgehead atoms. The third-order valence-corrected chi connectivity index (χ3v) is 4.58. The smallest absolute Gasteiger partial charge is 0.265 e. The van der Waals surface area contributed by atoms with Crippen LogP contribution in [0.5, 0.6) is 0 Å². The summed E-state index contributed by atoms with van der Waals surface area (Å²) in [5.41, 5.74) is 6.89. The van der Waals surface area contributed by atoms with Gasteiger partial charge >= 0.3 is 0 Å². The van der Waals surface area contributed by atoms with Crippen LogP contribution >= 0.6 is 11.3 Å². The van der Waals surface area contributed by atoms with Crippen LogP contribution in [0.25, 0.3) is 11.3 Å². The van der Waals surface area contributed by atoms with Crippen LogP contribution in [-0.4, -0.2) is 34.2 Å². The summed E-state index contributed by atoms with van der Waals surface area (Å²) in [6.07, 6.45) is 4.49. The number of hydrogen-bond donors (Lipinski definition) is 4. The van der Waals surface area contributed by atoms with Crippen LogP contribution in [0, 0.1) is 5.92 Å². The lowest BCUT2D eigenvalue weighted by Gasteiger charge is -2.04. The monoisotopic (exact) mass is 361 g/mol. The Morgan fingerprint density at radius 2 is 2.16 bits per heavy atom. The minimum atomic E-state index is -0.538. The number of nitrogens with two attached hydrogens (primary N) is 1. The topological polar surface area (TPSA) is 130 Å². The molecule has 2 heterocycles. The van der Waals surface area contributed by atoms with Crippen molar-refractivity contribution in [1.82, 2.24) is 15.3 Å². The van der Waals surface area contributed by atoms with Crippen molar-refractivity contribution >= 4 is 34.2 Å². The zero-order valence-electron chi connectivity index (χ0n) is 13.5. The molecule has 2 aromatic rings. The van der Waals surface area contributed by atoms with Gasteiger partial charge in [-0.25, -0.2) is 4.98 Å². The van der Waals surface area contributed by atoms with Gasteiger partial charge in [0.2, 0.25) is 11.8 Å². The highest BCUT2D eigenvalue weighted by Crippen LogP contribution is 2.28. The van der Waals surface area contributed by atoms with Crippen LogP contribution in [0.1, 0.15) is 36.2 Å². The van der Waals surface area contributed by atoms with Crippen molar-refractivity contribution in [3.63, 3.8) is 0 Å². The highest BCUT2D eigenvalue weighted by Gasteiger charge is 2.28. The van der Waals surface area contributed by atoms with E-state index in [1.165, 1.54) is 11.3 Å². The molecule has 1 aliphatic carbocycles. The Kier molecular flexibility index (Phi) is 5.13. The van der Waals surface area contributed by atoms with Crippen molar-refractivity contribution in [3.8, 4) is 11.3 Å². The SMILES string of the molecule is NC(=O)c1cc(-c2csc(NC(=O)CCCNC(=O)C3CC3)n2)c[nH]1. The zero-order valence-corrected chi connectivity index (χ0v) is 14.3. The van der Waals surface area contributed by atoms with E-state index in [4.69, 9.17) is 5.73 Å². The average Bonchev–Trinajstić information content (AvgIpc) is 3.12. The van der Waals surface area contributed by atoms with E-state index in [9.17, 15) is 14.4 Å². The Labute approximate surface area is 148 Å². The Morgan fingerprint density at radius 3 is 2.84 bits per heavy atom. The maximum Gasteiger partial charge on any atom is 0.265 e. The van der Waals surface area contributed by atoms with E-state index in [1.807, 2.05) is 0 Å². The van der Waals surface area contributed by atoms with Crippen molar-refractivity contribution in [3.05, 3.63) is 23.3 Å². The van der Waals surface area contributed by atoms with Crippen LogP contribution in [0.2, 0.25) is 0 Å². The molecule has 0 unspecified atom stereocenters. The number of amides is 3. The molecule has 1 aliphatic rings. The minimum Gasteiger partial charge on any atom is -0.364 e. The number of hydrogen-bond acceptors (Lipinski definition) is 5. The van der Waals surface area contributed by atoms with Crippen molar-refractivity contribution < 1.29 is 14.4 Å². The van der Waals surface area contributed by atoms with Gasteiger partial charge in [0.1, 0.15) is 5.69 Å². The van der Waals surface area contributed by atoms with Crippen LogP contribution < -0.4 is 16.4 Å². The number of rotatable bonds is 8. The average molecular weight is 361 g/mol. The van der Waals surface area contributed by atoms with Gasteiger partial charge in [-0.3, -0.25) is 14.4 Å². The maximum absolute atomic E-state index is 11.9. The standard InChI is InChI=1S/C16H19N5O3S/c17-14(23)11-6-10(7-19-11)12-8-25-16(20-12)21-13(22)2-1-5-18-15(24)9-3-4-9/h6-9,19H,1-5H2,(H2,17,23)(H,18,24)(H,20,21,22). The number of nitrogens with one attached hydrogen (secondary N) is 3. The highest BCUT2D eigenvalue weighted by molar-refractivity contribution is 7.14.